The lowest BCUT2D eigenvalue weighted by molar-refractivity contribution is -0.384. The predicted molar refractivity (Wildman–Crippen MR) is 194 cm³/mol. The fraction of sp³-hybridized carbons (Fsp3) is 0.250. The third-order valence-electron chi connectivity index (χ3n) is 8.29. The molecule has 1 N–H and O–H groups in total. The van der Waals surface area contributed by atoms with Crippen LogP contribution < -0.4 is 0 Å². The fourth-order valence-corrected chi connectivity index (χ4v) is 6.99. The van der Waals surface area contributed by atoms with Crippen LogP contribution in [0.3, 0.4) is 0 Å². The molecule has 0 fully saturated rings. The van der Waals surface area contributed by atoms with Crippen LogP contribution in [0.4, 0.5) is 5.69 Å². The lowest BCUT2D eigenvalue weighted by Crippen LogP contribution is -2.45. The van der Waals surface area contributed by atoms with Gasteiger partial charge in [-0.3, -0.25) is 10.1 Å². The van der Waals surface area contributed by atoms with E-state index in [2.05, 4.69) is 0 Å². The van der Waals surface area contributed by atoms with Crippen molar-refractivity contribution in [3.05, 3.63) is 178 Å². The number of aliphatic hydroxyl groups excluding tert-OH is 1. The first kappa shape index (κ1) is 37.5. The van der Waals surface area contributed by atoms with Gasteiger partial charge < -0.3 is 19.3 Å². The van der Waals surface area contributed by atoms with Gasteiger partial charge in [0.1, 0.15) is 12.2 Å². The third-order valence-corrected chi connectivity index (χ3v) is 10.1. The number of aliphatic hydroxyl groups is 1. The Balaban J connectivity index is 1.42. The predicted octanol–water partition coefficient (Wildman–Crippen LogP) is 6.92. The lowest BCUT2D eigenvalue weighted by atomic mass is 10.0. The maximum atomic E-state index is 14.1. The number of nitro groups is 1. The summed E-state index contributed by atoms with van der Waals surface area (Å²) < 4.78 is 48.4. The second-order valence-corrected chi connectivity index (χ2v) is 14.0. The van der Waals surface area contributed by atoms with Gasteiger partial charge >= 0.3 is 0 Å². The first-order valence-corrected chi connectivity index (χ1v) is 18.1. The molecule has 0 saturated carbocycles. The molecule has 0 radical (unpaired) electrons. The van der Waals surface area contributed by atoms with Gasteiger partial charge in [-0.2, -0.15) is 4.31 Å². The van der Waals surface area contributed by atoms with E-state index in [0.29, 0.717) is 0 Å². The number of ether oxygens (including phenoxy) is 3. The average Bonchev–Trinajstić information content (AvgIpc) is 3.16. The zero-order valence-corrected chi connectivity index (χ0v) is 29.0. The van der Waals surface area contributed by atoms with Gasteiger partial charge in [0.25, 0.3) is 5.69 Å². The van der Waals surface area contributed by atoms with Crippen LogP contribution in [0.25, 0.3) is 0 Å². The van der Waals surface area contributed by atoms with E-state index in [1.165, 1.54) is 28.6 Å². The molecule has 11 heteroatoms. The molecule has 10 nitrogen and oxygen atoms in total. The summed E-state index contributed by atoms with van der Waals surface area (Å²) in [7, 11) is -4.12. The standard InChI is InChI=1S/C40H42N2O8S/c43-38(31-48-28-33-15-7-2-8-16-33)40(50-30-35-19-11-4-12-20-35)39(49-29-34-17-9-3-10-18-34)25-26-41(27-32-13-5-1-6-14-32)51(46,47)37-23-21-36(22-24-37)42(44)45/h1-24,38-40,43H,25-31H2/t38-,39-,40+/m1/s1. The highest BCUT2D eigenvalue weighted by Crippen LogP contribution is 2.25. The molecule has 0 amide bonds. The Hall–Kier alpha value is -4.75. The van der Waals surface area contributed by atoms with E-state index in [0.717, 1.165) is 22.3 Å². The van der Waals surface area contributed by atoms with Crippen molar-refractivity contribution in [3.8, 4) is 0 Å². The molecule has 5 rings (SSSR count). The molecule has 0 saturated heterocycles. The number of non-ortho nitro benzene ring substituents is 1. The molecular weight excluding hydrogens is 669 g/mol. The number of nitrogens with zero attached hydrogens (tertiary/aromatic N) is 2. The molecule has 0 spiro atoms. The summed E-state index contributed by atoms with van der Waals surface area (Å²) in [5.41, 5.74) is 3.30. The number of hydrogen-bond donors (Lipinski definition) is 1. The summed E-state index contributed by atoms with van der Waals surface area (Å²) in [5.74, 6) is 0. The average molecular weight is 711 g/mol. The number of rotatable bonds is 20. The Bertz CT molecular complexity index is 1860. The highest BCUT2D eigenvalue weighted by Gasteiger charge is 2.33. The zero-order valence-electron chi connectivity index (χ0n) is 28.1. The summed E-state index contributed by atoms with van der Waals surface area (Å²) in [6.07, 6.45) is -2.63. The van der Waals surface area contributed by atoms with Crippen LogP contribution in [0.5, 0.6) is 0 Å². The van der Waals surface area contributed by atoms with Crippen LogP contribution in [0.15, 0.2) is 150 Å². The molecule has 0 aliphatic carbocycles. The Morgan fingerprint density at radius 2 is 1.12 bits per heavy atom. The van der Waals surface area contributed by atoms with Gasteiger partial charge in [-0.1, -0.05) is 121 Å². The van der Waals surface area contributed by atoms with Gasteiger partial charge in [0.05, 0.1) is 42.4 Å². The monoisotopic (exact) mass is 710 g/mol. The molecule has 0 heterocycles. The first-order chi connectivity index (χ1) is 24.8. The topological polar surface area (TPSA) is 128 Å². The number of benzene rings is 5. The molecule has 5 aromatic rings. The number of hydrogen-bond acceptors (Lipinski definition) is 8. The zero-order chi connectivity index (χ0) is 35.9. The Morgan fingerprint density at radius 1 is 0.647 bits per heavy atom. The van der Waals surface area contributed by atoms with Crippen molar-refractivity contribution >= 4 is 15.7 Å². The van der Waals surface area contributed by atoms with Crippen LogP contribution in [-0.4, -0.2) is 54.2 Å². The van der Waals surface area contributed by atoms with Crippen molar-refractivity contribution < 1.29 is 32.7 Å². The quantitative estimate of drug-likeness (QED) is 0.0681. The largest absolute Gasteiger partial charge is 0.388 e. The van der Waals surface area contributed by atoms with Gasteiger partial charge in [0, 0.05) is 25.2 Å². The molecule has 0 aliphatic rings. The lowest BCUT2D eigenvalue weighted by Gasteiger charge is -2.33. The van der Waals surface area contributed by atoms with Crippen molar-refractivity contribution in [1.29, 1.82) is 0 Å². The van der Waals surface area contributed by atoms with Gasteiger partial charge in [0.2, 0.25) is 10.0 Å². The second kappa shape index (κ2) is 19.0. The molecule has 3 atom stereocenters. The highest BCUT2D eigenvalue weighted by atomic mass is 32.2. The van der Waals surface area contributed by atoms with Crippen molar-refractivity contribution in [2.24, 2.45) is 0 Å². The van der Waals surface area contributed by atoms with E-state index < -0.39 is 33.3 Å². The third kappa shape index (κ3) is 11.4. The molecule has 0 aromatic heterocycles. The maximum Gasteiger partial charge on any atom is 0.269 e. The molecule has 5 aromatic carbocycles. The number of nitro benzene ring substituents is 1. The highest BCUT2D eigenvalue weighted by molar-refractivity contribution is 7.89. The summed E-state index contributed by atoms with van der Waals surface area (Å²) in [5, 5.41) is 22.9. The van der Waals surface area contributed by atoms with E-state index in [-0.39, 0.29) is 56.5 Å². The van der Waals surface area contributed by atoms with Crippen LogP contribution in [0, 0.1) is 10.1 Å². The van der Waals surface area contributed by atoms with E-state index in [9.17, 15) is 23.6 Å². The van der Waals surface area contributed by atoms with Crippen molar-refractivity contribution in [2.75, 3.05) is 13.2 Å². The van der Waals surface area contributed by atoms with Crippen LogP contribution >= 0.6 is 0 Å². The van der Waals surface area contributed by atoms with Crippen molar-refractivity contribution in [3.63, 3.8) is 0 Å². The van der Waals surface area contributed by atoms with Gasteiger partial charge in [-0.25, -0.2) is 8.42 Å². The van der Waals surface area contributed by atoms with Crippen LogP contribution in [0.2, 0.25) is 0 Å². The molecule has 0 aliphatic heterocycles. The Kier molecular flexibility index (Phi) is 14.0. The second-order valence-electron chi connectivity index (χ2n) is 12.0. The van der Waals surface area contributed by atoms with E-state index in [1.807, 2.05) is 121 Å². The maximum absolute atomic E-state index is 14.1. The SMILES string of the molecule is O=[N+]([O-])c1ccc(S(=O)(=O)N(CC[C@@H](OCc2ccccc2)[C@@H](OCc2ccccc2)[C@H](O)COCc2ccccc2)Cc2ccccc2)cc1. The minimum absolute atomic E-state index is 0.00351. The Labute approximate surface area is 299 Å². The molecule has 266 valence electrons. The van der Waals surface area contributed by atoms with E-state index in [4.69, 9.17) is 14.2 Å². The minimum atomic E-state index is -4.12. The first-order valence-electron chi connectivity index (χ1n) is 16.7. The summed E-state index contributed by atoms with van der Waals surface area (Å²) in [6.45, 7) is 0.662. The van der Waals surface area contributed by atoms with Crippen LogP contribution in [-0.2, 0) is 50.6 Å². The summed E-state index contributed by atoms with van der Waals surface area (Å²) >= 11 is 0. The minimum Gasteiger partial charge on any atom is -0.388 e. The Morgan fingerprint density at radius 3 is 1.63 bits per heavy atom. The van der Waals surface area contributed by atoms with Gasteiger partial charge in [-0.15, -0.1) is 0 Å². The molecule has 0 bridgehead atoms. The smallest absolute Gasteiger partial charge is 0.269 e. The van der Waals surface area contributed by atoms with E-state index >= 15 is 0 Å². The summed E-state index contributed by atoms with van der Waals surface area (Å²) in [6, 6.07) is 42.8. The summed E-state index contributed by atoms with van der Waals surface area (Å²) in [4.78, 5) is 10.6. The van der Waals surface area contributed by atoms with Crippen LogP contribution in [0.1, 0.15) is 28.7 Å². The molecule has 51 heavy (non-hydrogen) atoms. The molecular formula is C40H42N2O8S. The van der Waals surface area contributed by atoms with E-state index in [1.54, 1.807) is 0 Å². The van der Waals surface area contributed by atoms with Gasteiger partial charge in [-0.05, 0) is 40.8 Å². The molecule has 0 unspecified atom stereocenters. The normalized spacial score (nSPS) is 13.5. The number of sulfonamides is 1. The van der Waals surface area contributed by atoms with Crippen molar-refractivity contribution in [2.45, 2.75) is 56.0 Å². The van der Waals surface area contributed by atoms with Crippen molar-refractivity contribution in [1.82, 2.24) is 4.31 Å². The van der Waals surface area contributed by atoms with Gasteiger partial charge in [0.15, 0.2) is 0 Å². The fourth-order valence-electron chi connectivity index (χ4n) is 5.55.